The van der Waals surface area contributed by atoms with Gasteiger partial charge in [-0.2, -0.15) is 0 Å². The highest BCUT2D eigenvalue weighted by atomic mass is 16.4. The first-order chi connectivity index (χ1) is 17.1. The minimum Gasteiger partial charge on any atom is -0.478 e. The van der Waals surface area contributed by atoms with Gasteiger partial charge in [-0.25, -0.2) is 4.79 Å². The van der Waals surface area contributed by atoms with E-state index in [-0.39, 0.29) is 0 Å². The molecule has 0 atom stereocenters. The second kappa shape index (κ2) is 11.8. The standard InChI is InChI=1S/C32H31NO2/c1-2-3-5-8-25-11-16-27(17-12-25)28-18-22-31(23-19-28)33(29-9-6-4-7-10-29)30-20-13-26(14-21-30)15-24-32(34)35/h4,6-7,9-24H,2-3,5,8H2,1H3,(H,34,35). The lowest BCUT2D eigenvalue weighted by Crippen LogP contribution is -2.09. The number of carbonyl (C=O) groups is 1. The molecule has 1 N–H and O–H groups in total. The first-order valence-electron chi connectivity index (χ1n) is 12.2. The number of carboxylic acids is 1. The molecule has 4 aromatic carbocycles. The third kappa shape index (κ3) is 6.48. The van der Waals surface area contributed by atoms with Gasteiger partial charge in [0, 0.05) is 23.1 Å². The molecule has 0 aliphatic carbocycles. The fourth-order valence-electron chi connectivity index (χ4n) is 4.17. The van der Waals surface area contributed by atoms with Crippen LogP contribution in [-0.4, -0.2) is 11.1 Å². The molecule has 0 aliphatic heterocycles. The van der Waals surface area contributed by atoms with Gasteiger partial charge >= 0.3 is 5.97 Å². The number of para-hydroxylation sites is 1. The number of carboxylic acid groups (broad SMARTS) is 1. The van der Waals surface area contributed by atoms with Crippen molar-refractivity contribution in [1.82, 2.24) is 0 Å². The monoisotopic (exact) mass is 461 g/mol. The molecule has 0 bridgehead atoms. The molecule has 0 aromatic heterocycles. The summed E-state index contributed by atoms with van der Waals surface area (Å²) in [5.41, 5.74) is 7.78. The molecule has 176 valence electrons. The molecule has 0 spiro atoms. The molecule has 4 rings (SSSR count). The van der Waals surface area contributed by atoms with E-state index in [9.17, 15) is 4.79 Å². The first-order valence-corrected chi connectivity index (χ1v) is 12.2. The molecule has 0 aliphatic rings. The normalized spacial score (nSPS) is 11.0. The van der Waals surface area contributed by atoms with Crippen molar-refractivity contribution in [3.8, 4) is 11.1 Å². The van der Waals surface area contributed by atoms with Crippen molar-refractivity contribution in [3.05, 3.63) is 120 Å². The fourth-order valence-corrected chi connectivity index (χ4v) is 4.17. The summed E-state index contributed by atoms with van der Waals surface area (Å²) in [6, 6.07) is 35.7. The zero-order chi connectivity index (χ0) is 24.5. The Bertz CT molecular complexity index is 1240. The molecule has 0 amide bonds. The molecular weight excluding hydrogens is 430 g/mol. The van der Waals surface area contributed by atoms with Gasteiger partial charge in [-0.3, -0.25) is 0 Å². The zero-order valence-corrected chi connectivity index (χ0v) is 20.1. The lowest BCUT2D eigenvalue weighted by atomic mass is 10.0. The average Bonchev–Trinajstić information content (AvgIpc) is 2.90. The van der Waals surface area contributed by atoms with Crippen molar-refractivity contribution in [2.45, 2.75) is 32.6 Å². The van der Waals surface area contributed by atoms with Crippen molar-refractivity contribution >= 4 is 29.1 Å². The highest BCUT2D eigenvalue weighted by Gasteiger charge is 2.12. The lowest BCUT2D eigenvalue weighted by Gasteiger charge is -2.25. The number of hydrogen-bond donors (Lipinski definition) is 1. The molecule has 35 heavy (non-hydrogen) atoms. The SMILES string of the molecule is CCCCCc1ccc(-c2ccc(N(c3ccccc3)c3ccc(C=CC(=O)O)cc3)cc2)cc1. The highest BCUT2D eigenvalue weighted by molar-refractivity contribution is 5.85. The number of aliphatic carboxylic acids is 1. The van der Waals surface area contributed by atoms with E-state index in [4.69, 9.17) is 5.11 Å². The average molecular weight is 462 g/mol. The molecule has 0 unspecified atom stereocenters. The predicted octanol–water partition coefficient (Wildman–Crippen LogP) is 8.65. The van der Waals surface area contributed by atoms with E-state index in [1.807, 2.05) is 42.5 Å². The number of benzene rings is 4. The van der Waals surface area contributed by atoms with Gasteiger partial charge in [0.1, 0.15) is 0 Å². The molecule has 3 nitrogen and oxygen atoms in total. The van der Waals surface area contributed by atoms with E-state index >= 15 is 0 Å². The van der Waals surface area contributed by atoms with Crippen LogP contribution in [0.4, 0.5) is 17.1 Å². The summed E-state index contributed by atoms with van der Waals surface area (Å²) in [5.74, 6) is -0.953. The van der Waals surface area contributed by atoms with Gasteiger partial charge < -0.3 is 10.0 Å². The topological polar surface area (TPSA) is 40.5 Å². The number of anilines is 3. The minimum absolute atomic E-state index is 0.845. The van der Waals surface area contributed by atoms with Crippen LogP contribution in [0, 0.1) is 0 Å². The summed E-state index contributed by atoms with van der Waals surface area (Å²) >= 11 is 0. The first kappa shape index (κ1) is 24.0. The van der Waals surface area contributed by atoms with E-state index in [2.05, 4.69) is 72.5 Å². The summed E-state index contributed by atoms with van der Waals surface area (Å²) in [4.78, 5) is 13.0. The molecular formula is C32H31NO2. The van der Waals surface area contributed by atoms with Crippen molar-refractivity contribution in [1.29, 1.82) is 0 Å². The van der Waals surface area contributed by atoms with E-state index < -0.39 is 5.97 Å². The van der Waals surface area contributed by atoms with Crippen LogP contribution in [0.5, 0.6) is 0 Å². The Morgan fingerprint density at radius 3 is 1.83 bits per heavy atom. The number of hydrogen-bond acceptors (Lipinski definition) is 2. The Kier molecular flexibility index (Phi) is 8.13. The van der Waals surface area contributed by atoms with Gasteiger partial charge in [-0.05, 0) is 77.6 Å². The maximum absolute atomic E-state index is 10.8. The van der Waals surface area contributed by atoms with E-state index in [0.717, 1.165) is 35.1 Å². The second-order valence-electron chi connectivity index (χ2n) is 8.63. The second-order valence-corrected chi connectivity index (χ2v) is 8.63. The molecule has 3 heteroatoms. The Labute approximate surface area is 208 Å². The van der Waals surface area contributed by atoms with Gasteiger partial charge in [0.2, 0.25) is 0 Å². The Morgan fingerprint density at radius 1 is 0.714 bits per heavy atom. The van der Waals surface area contributed by atoms with Crippen LogP contribution in [-0.2, 0) is 11.2 Å². The van der Waals surface area contributed by atoms with Crippen LogP contribution in [0.25, 0.3) is 17.2 Å². The summed E-state index contributed by atoms with van der Waals surface area (Å²) in [6.07, 6.45) is 7.67. The van der Waals surface area contributed by atoms with Gasteiger partial charge in [-0.1, -0.05) is 86.5 Å². The van der Waals surface area contributed by atoms with Crippen LogP contribution in [0.3, 0.4) is 0 Å². The number of nitrogens with zero attached hydrogens (tertiary/aromatic N) is 1. The molecule has 0 heterocycles. The van der Waals surface area contributed by atoms with Crippen molar-refractivity contribution in [3.63, 3.8) is 0 Å². The number of unbranched alkanes of at least 4 members (excludes halogenated alkanes) is 2. The van der Waals surface area contributed by atoms with Crippen molar-refractivity contribution in [2.24, 2.45) is 0 Å². The molecule has 4 aromatic rings. The summed E-state index contributed by atoms with van der Waals surface area (Å²) in [5, 5.41) is 8.88. The molecule has 0 saturated heterocycles. The number of aryl methyl sites for hydroxylation is 1. The van der Waals surface area contributed by atoms with Crippen LogP contribution in [0.15, 0.2) is 109 Å². The van der Waals surface area contributed by atoms with Gasteiger partial charge in [-0.15, -0.1) is 0 Å². The summed E-state index contributed by atoms with van der Waals surface area (Å²) in [6.45, 7) is 2.24. The number of rotatable bonds is 10. The Morgan fingerprint density at radius 2 is 1.26 bits per heavy atom. The molecule has 0 saturated carbocycles. The van der Waals surface area contributed by atoms with Gasteiger partial charge in [0.05, 0.1) is 0 Å². The Hall–Kier alpha value is -4.11. The third-order valence-electron chi connectivity index (χ3n) is 6.07. The quantitative estimate of drug-likeness (QED) is 0.190. The fraction of sp³-hybridized carbons (Fsp3) is 0.156. The third-order valence-corrected chi connectivity index (χ3v) is 6.07. The van der Waals surface area contributed by atoms with Crippen molar-refractivity contribution in [2.75, 3.05) is 4.90 Å². The zero-order valence-electron chi connectivity index (χ0n) is 20.1. The van der Waals surface area contributed by atoms with E-state index in [0.29, 0.717) is 0 Å². The van der Waals surface area contributed by atoms with E-state index in [1.54, 1.807) is 6.08 Å². The van der Waals surface area contributed by atoms with Crippen LogP contribution in [0.1, 0.15) is 37.3 Å². The Balaban J connectivity index is 1.59. The minimum atomic E-state index is -0.953. The van der Waals surface area contributed by atoms with Gasteiger partial charge in [0.25, 0.3) is 0 Å². The van der Waals surface area contributed by atoms with Crippen LogP contribution >= 0.6 is 0 Å². The maximum Gasteiger partial charge on any atom is 0.328 e. The largest absolute Gasteiger partial charge is 0.478 e. The van der Waals surface area contributed by atoms with Crippen LogP contribution in [0.2, 0.25) is 0 Å². The van der Waals surface area contributed by atoms with Crippen LogP contribution < -0.4 is 4.90 Å². The highest BCUT2D eigenvalue weighted by Crippen LogP contribution is 2.35. The summed E-state index contributed by atoms with van der Waals surface area (Å²) < 4.78 is 0. The maximum atomic E-state index is 10.8. The lowest BCUT2D eigenvalue weighted by molar-refractivity contribution is -0.131. The van der Waals surface area contributed by atoms with Gasteiger partial charge in [0.15, 0.2) is 0 Å². The molecule has 0 radical (unpaired) electrons. The van der Waals surface area contributed by atoms with Crippen molar-refractivity contribution < 1.29 is 9.90 Å². The summed E-state index contributed by atoms with van der Waals surface area (Å²) in [7, 11) is 0. The predicted molar refractivity (Wildman–Crippen MR) is 146 cm³/mol. The van der Waals surface area contributed by atoms with E-state index in [1.165, 1.54) is 36.0 Å². The smallest absolute Gasteiger partial charge is 0.328 e. The molecule has 0 fully saturated rings.